The molecule has 5 nitrogen and oxygen atoms in total. The zero-order chi connectivity index (χ0) is 16.6. The van der Waals surface area contributed by atoms with Gasteiger partial charge in [-0.05, 0) is 17.5 Å². The summed E-state index contributed by atoms with van der Waals surface area (Å²) in [6, 6.07) is 9.69. The molecule has 1 aromatic carbocycles. The van der Waals surface area contributed by atoms with Gasteiger partial charge in [-0.3, -0.25) is 9.59 Å². The first-order valence-electron chi connectivity index (χ1n) is 8.14. The number of nitrogens with zero attached hydrogens (tertiary/aromatic N) is 1. The number of hydrogen-bond donors (Lipinski definition) is 1. The molecule has 3 rings (SSSR count). The van der Waals surface area contributed by atoms with Crippen molar-refractivity contribution in [2.75, 3.05) is 13.1 Å². The standard InChI is InChI=1S/C18H23NO4/c1-18(2)14(15(18)17(21)22)16(20)19-10-8-13(9-11-19)23-12-6-4-3-5-7-12/h3-7,13-15H,8-11H2,1-2H3,(H,21,22)/t14-,15+/m1/s1. The van der Waals surface area contributed by atoms with Gasteiger partial charge in [-0.25, -0.2) is 0 Å². The van der Waals surface area contributed by atoms with Crippen molar-refractivity contribution in [3.8, 4) is 5.75 Å². The number of piperidine rings is 1. The van der Waals surface area contributed by atoms with Gasteiger partial charge in [0.2, 0.25) is 5.91 Å². The van der Waals surface area contributed by atoms with Crippen molar-refractivity contribution in [1.29, 1.82) is 0 Å². The van der Waals surface area contributed by atoms with E-state index < -0.39 is 17.3 Å². The Morgan fingerprint density at radius 1 is 1.13 bits per heavy atom. The summed E-state index contributed by atoms with van der Waals surface area (Å²) in [5, 5.41) is 9.22. The van der Waals surface area contributed by atoms with Crippen LogP contribution in [0.2, 0.25) is 0 Å². The highest BCUT2D eigenvalue weighted by molar-refractivity contribution is 5.91. The molecule has 2 fully saturated rings. The largest absolute Gasteiger partial charge is 0.490 e. The lowest BCUT2D eigenvalue weighted by molar-refractivity contribution is -0.142. The SMILES string of the molecule is CC1(C)[C@H](C(=O)O)[C@@H]1C(=O)N1CCC(Oc2ccccc2)CC1. The molecule has 1 amide bonds. The third-order valence-corrected chi connectivity index (χ3v) is 5.16. The number of ether oxygens (including phenoxy) is 1. The molecule has 0 bridgehead atoms. The van der Waals surface area contributed by atoms with E-state index in [0.29, 0.717) is 13.1 Å². The van der Waals surface area contributed by atoms with E-state index in [-0.39, 0.29) is 17.9 Å². The van der Waals surface area contributed by atoms with Crippen LogP contribution >= 0.6 is 0 Å². The summed E-state index contributed by atoms with van der Waals surface area (Å²) < 4.78 is 5.93. The van der Waals surface area contributed by atoms with Crippen molar-refractivity contribution < 1.29 is 19.4 Å². The van der Waals surface area contributed by atoms with Crippen molar-refractivity contribution >= 4 is 11.9 Å². The first-order chi connectivity index (χ1) is 10.9. The van der Waals surface area contributed by atoms with Crippen LogP contribution < -0.4 is 4.74 Å². The maximum atomic E-state index is 12.6. The Kier molecular flexibility index (Phi) is 4.04. The summed E-state index contributed by atoms with van der Waals surface area (Å²) in [5.74, 6) is -0.956. The maximum absolute atomic E-state index is 12.6. The molecule has 0 unspecified atom stereocenters. The van der Waals surface area contributed by atoms with E-state index in [2.05, 4.69) is 0 Å². The average Bonchev–Trinajstić information content (AvgIpc) is 3.11. The van der Waals surface area contributed by atoms with Gasteiger partial charge in [0.15, 0.2) is 0 Å². The summed E-state index contributed by atoms with van der Waals surface area (Å²) in [6.45, 7) is 4.99. The molecule has 2 aliphatic rings. The van der Waals surface area contributed by atoms with Gasteiger partial charge >= 0.3 is 5.97 Å². The van der Waals surface area contributed by atoms with Crippen LogP contribution in [-0.2, 0) is 9.59 Å². The lowest BCUT2D eigenvalue weighted by atomic mass is 10.0. The number of hydrogen-bond acceptors (Lipinski definition) is 3. The number of carboxylic acids is 1. The molecule has 2 atom stereocenters. The van der Waals surface area contributed by atoms with Gasteiger partial charge in [-0.1, -0.05) is 32.0 Å². The average molecular weight is 317 g/mol. The topological polar surface area (TPSA) is 66.8 Å². The molecular weight excluding hydrogens is 294 g/mol. The number of carbonyl (C=O) groups is 2. The molecule has 1 aliphatic heterocycles. The Balaban J connectivity index is 1.53. The van der Waals surface area contributed by atoms with E-state index in [1.165, 1.54) is 0 Å². The van der Waals surface area contributed by atoms with Gasteiger partial charge in [0.25, 0.3) is 0 Å². The zero-order valence-electron chi connectivity index (χ0n) is 13.6. The van der Waals surface area contributed by atoms with Gasteiger partial charge in [0.1, 0.15) is 11.9 Å². The van der Waals surface area contributed by atoms with Crippen LogP contribution in [0.1, 0.15) is 26.7 Å². The first kappa shape index (κ1) is 15.8. The summed E-state index contributed by atoms with van der Waals surface area (Å²) in [7, 11) is 0. The smallest absolute Gasteiger partial charge is 0.307 e. The van der Waals surface area contributed by atoms with E-state index in [0.717, 1.165) is 18.6 Å². The van der Waals surface area contributed by atoms with E-state index in [4.69, 9.17) is 4.74 Å². The van der Waals surface area contributed by atoms with Crippen molar-refractivity contribution in [3.63, 3.8) is 0 Å². The highest BCUT2D eigenvalue weighted by Crippen LogP contribution is 2.59. The second-order valence-corrected chi connectivity index (χ2v) is 7.07. The number of aliphatic carboxylic acids is 1. The number of carboxylic acid groups (broad SMARTS) is 1. The van der Waals surface area contributed by atoms with Gasteiger partial charge in [0, 0.05) is 25.9 Å². The van der Waals surface area contributed by atoms with Crippen molar-refractivity contribution in [3.05, 3.63) is 30.3 Å². The quantitative estimate of drug-likeness (QED) is 0.926. The van der Waals surface area contributed by atoms with Crippen LogP contribution in [0.3, 0.4) is 0 Å². The monoisotopic (exact) mass is 317 g/mol. The fourth-order valence-corrected chi connectivity index (χ4v) is 3.64. The molecule has 0 spiro atoms. The molecule has 23 heavy (non-hydrogen) atoms. The fraction of sp³-hybridized carbons (Fsp3) is 0.556. The number of para-hydroxylation sites is 1. The van der Waals surface area contributed by atoms with E-state index >= 15 is 0 Å². The highest BCUT2D eigenvalue weighted by atomic mass is 16.5. The Labute approximate surface area is 136 Å². The summed E-state index contributed by atoms with van der Waals surface area (Å²) in [6.07, 6.45) is 1.68. The van der Waals surface area contributed by atoms with Gasteiger partial charge in [-0.15, -0.1) is 0 Å². The molecule has 1 aromatic rings. The molecular formula is C18H23NO4. The first-order valence-corrected chi connectivity index (χ1v) is 8.14. The van der Waals surface area contributed by atoms with Crippen LogP contribution in [0.15, 0.2) is 30.3 Å². The number of likely N-dealkylation sites (tertiary alicyclic amines) is 1. The molecule has 5 heteroatoms. The van der Waals surface area contributed by atoms with E-state index in [9.17, 15) is 14.7 Å². The summed E-state index contributed by atoms with van der Waals surface area (Å²) in [4.78, 5) is 25.6. The maximum Gasteiger partial charge on any atom is 0.307 e. The minimum Gasteiger partial charge on any atom is -0.490 e. The minimum atomic E-state index is -0.865. The number of amides is 1. The molecule has 1 saturated heterocycles. The molecule has 1 heterocycles. The van der Waals surface area contributed by atoms with Crippen LogP contribution in [0.4, 0.5) is 0 Å². The molecule has 1 saturated carbocycles. The van der Waals surface area contributed by atoms with Crippen LogP contribution in [0.25, 0.3) is 0 Å². The number of carbonyl (C=O) groups excluding carboxylic acids is 1. The Bertz CT molecular complexity index is 590. The van der Waals surface area contributed by atoms with Crippen LogP contribution in [-0.4, -0.2) is 41.1 Å². The third kappa shape index (κ3) is 3.05. The van der Waals surface area contributed by atoms with Gasteiger partial charge in [-0.2, -0.15) is 0 Å². The zero-order valence-corrected chi connectivity index (χ0v) is 13.6. The molecule has 0 aromatic heterocycles. The number of benzene rings is 1. The predicted octanol–water partition coefficient (Wildman–Crippen LogP) is 2.41. The highest BCUT2D eigenvalue weighted by Gasteiger charge is 2.66. The van der Waals surface area contributed by atoms with Gasteiger partial charge < -0.3 is 14.7 Å². The summed E-state index contributed by atoms with van der Waals surface area (Å²) in [5.41, 5.74) is -0.430. The second kappa shape index (κ2) is 5.87. The van der Waals surface area contributed by atoms with Crippen LogP contribution in [0.5, 0.6) is 5.75 Å². The third-order valence-electron chi connectivity index (χ3n) is 5.16. The number of rotatable bonds is 4. The lowest BCUT2D eigenvalue weighted by Crippen LogP contribution is -2.43. The van der Waals surface area contributed by atoms with Crippen molar-refractivity contribution in [2.45, 2.75) is 32.8 Å². The minimum absolute atomic E-state index is 0.0134. The molecule has 0 radical (unpaired) electrons. The normalized spacial score (nSPS) is 26.6. The Morgan fingerprint density at radius 3 is 2.26 bits per heavy atom. The van der Waals surface area contributed by atoms with Crippen LogP contribution in [0, 0.1) is 17.3 Å². The van der Waals surface area contributed by atoms with Crippen molar-refractivity contribution in [2.24, 2.45) is 17.3 Å². The predicted molar refractivity (Wildman–Crippen MR) is 85.1 cm³/mol. The van der Waals surface area contributed by atoms with Gasteiger partial charge in [0.05, 0.1) is 11.8 Å². The lowest BCUT2D eigenvalue weighted by Gasteiger charge is -2.32. The molecule has 1 aliphatic carbocycles. The second-order valence-electron chi connectivity index (χ2n) is 7.07. The van der Waals surface area contributed by atoms with E-state index in [1.807, 2.05) is 44.2 Å². The summed E-state index contributed by atoms with van der Waals surface area (Å²) >= 11 is 0. The fourth-order valence-electron chi connectivity index (χ4n) is 3.64. The molecule has 1 N–H and O–H groups in total. The van der Waals surface area contributed by atoms with E-state index in [1.54, 1.807) is 4.90 Å². The molecule has 124 valence electrons. The van der Waals surface area contributed by atoms with Crippen molar-refractivity contribution in [1.82, 2.24) is 4.90 Å². The Morgan fingerprint density at radius 2 is 1.74 bits per heavy atom. The Hall–Kier alpha value is -2.04.